The Hall–Kier alpha value is -2.96. The van der Waals surface area contributed by atoms with Crippen LogP contribution in [0.2, 0.25) is 0 Å². The number of hydrogen-bond donors (Lipinski definition) is 1. The van der Waals surface area contributed by atoms with Crippen LogP contribution in [-0.2, 0) is 0 Å². The van der Waals surface area contributed by atoms with Crippen molar-refractivity contribution in [1.82, 2.24) is 25.2 Å². The second-order valence-electron chi connectivity index (χ2n) is 6.22. The van der Waals surface area contributed by atoms with Crippen molar-refractivity contribution in [3.05, 3.63) is 53.7 Å². The quantitative estimate of drug-likeness (QED) is 0.770. The first-order valence-electron chi connectivity index (χ1n) is 8.21. The lowest BCUT2D eigenvalue weighted by Crippen LogP contribution is -2.29. The molecule has 130 valence electrons. The van der Waals surface area contributed by atoms with E-state index in [1.807, 2.05) is 52.0 Å². The van der Waals surface area contributed by atoms with Crippen molar-refractivity contribution in [3.8, 4) is 11.4 Å². The average Bonchev–Trinajstić information content (AvgIpc) is 3.25. The zero-order chi connectivity index (χ0) is 18.0. The van der Waals surface area contributed by atoms with Crippen LogP contribution in [-0.4, -0.2) is 25.8 Å². The summed E-state index contributed by atoms with van der Waals surface area (Å²) in [6.07, 6.45) is 1.61. The van der Waals surface area contributed by atoms with Crippen LogP contribution >= 0.6 is 0 Å². The summed E-state index contributed by atoms with van der Waals surface area (Å²) in [4.78, 5) is 16.9. The predicted octanol–water partition coefficient (Wildman–Crippen LogP) is 3.31. The van der Waals surface area contributed by atoms with Gasteiger partial charge in [0, 0.05) is 17.8 Å². The van der Waals surface area contributed by atoms with E-state index >= 15 is 0 Å². The van der Waals surface area contributed by atoms with Crippen LogP contribution in [0.5, 0.6) is 0 Å². The second-order valence-corrected chi connectivity index (χ2v) is 6.22. The van der Waals surface area contributed by atoms with Crippen LogP contribution in [0.25, 0.3) is 11.4 Å². The maximum atomic E-state index is 12.5. The molecule has 0 aliphatic heterocycles. The molecule has 7 heteroatoms. The molecule has 2 aromatic heterocycles. The fourth-order valence-corrected chi connectivity index (χ4v) is 2.58. The first kappa shape index (κ1) is 16.9. The molecule has 1 N–H and O–H groups in total. The third-order valence-electron chi connectivity index (χ3n) is 3.94. The molecule has 1 amide bonds. The van der Waals surface area contributed by atoms with Crippen LogP contribution in [0.1, 0.15) is 54.8 Å². The summed E-state index contributed by atoms with van der Waals surface area (Å²) < 4.78 is 7.01. The van der Waals surface area contributed by atoms with Gasteiger partial charge in [-0.1, -0.05) is 29.4 Å². The van der Waals surface area contributed by atoms with E-state index in [9.17, 15) is 4.79 Å². The minimum absolute atomic E-state index is 0.0992. The molecule has 0 aliphatic carbocycles. The van der Waals surface area contributed by atoms with Crippen molar-refractivity contribution in [3.63, 3.8) is 0 Å². The number of benzene rings is 1. The van der Waals surface area contributed by atoms with Gasteiger partial charge in [-0.2, -0.15) is 10.1 Å². The summed E-state index contributed by atoms with van der Waals surface area (Å²) >= 11 is 0. The smallest absolute Gasteiger partial charge is 0.270 e. The lowest BCUT2D eigenvalue weighted by Gasteiger charge is -2.13. The number of hydrogen-bond acceptors (Lipinski definition) is 5. The zero-order valence-corrected chi connectivity index (χ0v) is 14.7. The minimum atomic E-state index is -0.409. The number of nitrogens with one attached hydrogen (secondary N) is 1. The third-order valence-corrected chi connectivity index (χ3v) is 3.94. The number of rotatable bonds is 5. The van der Waals surface area contributed by atoms with Crippen molar-refractivity contribution in [2.24, 2.45) is 0 Å². The molecule has 0 fully saturated rings. The largest absolute Gasteiger partial charge is 0.339 e. The van der Waals surface area contributed by atoms with Gasteiger partial charge in [0.2, 0.25) is 11.7 Å². The number of carbonyl (C=O) groups excluding carboxylic acids is 1. The average molecular weight is 339 g/mol. The standard InChI is InChI=1S/C18H21N5O2/c1-11(2)23-15(9-10-19-23)17(24)20-13(4)18-21-16(22-25-18)14-8-6-5-7-12(14)3/h5-11,13H,1-4H3,(H,20,24). The molecule has 2 heterocycles. The topological polar surface area (TPSA) is 85.8 Å². The van der Waals surface area contributed by atoms with Gasteiger partial charge in [-0.25, -0.2) is 0 Å². The van der Waals surface area contributed by atoms with Crippen molar-refractivity contribution < 1.29 is 9.32 Å². The molecular weight excluding hydrogens is 318 g/mol. The molecule has 1 atom stereocenters. The van der Waals surface area contributed by atoms with Gasteiger partial charge in [0.05, 0.1) is 0 Å². The molecule has 3 aromatic rings. The van der Waals surface area contributed by atoms with Gasteiger partial charge < -0.3 is 9.84 Å². The van der Waals surface area contributed by atoms with E-state index in [4.69, 9.17) is 4.52 Å². The van der Waals surface area contributed by atoms with Gasteiger partial charge in [-0.15, -0.1) is 0 Å². The lowest BCUT2D eigenvalue weighted by molar-refractivity contribution is 0.0919. The van der Waals surface area contributed by atoms with Gasteiger partial charge in [0.25, 0.3) is 5.91 Å². The van der Waals surface area contributed by atoms with E-state index in [0.29, 0.717) is 17.4 Å². The van der Waals surface area contributed by atoms with Crippen LogP contribution < -0.4 is 5.32 Å². The number of aryl methyl sites for hydroxylation is 1. The zero-order valence-electron chi connectivity index (χ0n) is 14.7. The fraction of sp³-hybridized carbons (Fsp3) is 0.333. The normalized spacial score (nSPS) is 12.4. The predicted molar refractivity (Wildman–Crippen MR) is 93.0 cm³/mol. The molecule has 0 radical (unpaired) electrons. The molecule has 7 nitrogen and oxygen atoms in total. The number of aromatic nitrogens is 4. The molecule has 1 aromatic carbocycles. The number of amides is 1. The van der Waals surface area contributed by atoms with Crippen molar-refractivity contribution in [1.29, 1.82) is 0 Å². The highest BCUT2D eigenvalue weighted by Gasteiger charge is 2.21. The van der Waals surface area contributed by atoms with Crippen LogP contribution in [0.4, 0.5) is 0 Å². The summed E-state index contributed by atoms with van der Waals surface area (Å²) in [6.45, 7) is 7.74. The molecule has 0 saturated carbocycles. The molecule has 3 rings (SSSR count). The maximum absolute atomic E-state index is 12.5. The van der Waals surface area contributed by atoms with E-state index in [1.165, 1.54) is 0 Å². The van der Waals surface area contributed by atoms with Crippen LogP contribution in [0.15, 0.2) is 41.1 Å². The summed E-state index contributed by atoms with van der Waals surface area (Å²) in [5.74, 6) is 0.651. The van der Waals surface area contributed by atoms with Crippen LogP contribution in [0.3, 0.4) is 0 Å². The molecule has 0 saturated heterocycles. The minimum Gasteiger partial charge on any atom is -0.339 e. The van der Waals surface area contributed by atoms with E-state index in [1.54, 1.807) is 16.9 Å². The molecule has 25 heavy (non-hydrogen) atoms. The maximum Gasteiger partial charge on any atom is 0.270 e. The third kappa shape index (κ3) is 3.45. The summed E-state index contributed by atoms with van der Waals surface area (Å²) in [5, 5.41) is 11.1. The van der Waals surface area contributed by atoms with Crippen molar-refractivity contribution in [2.75, 3.05) is 0 Å². The SMILES string of the molecule is Cc1ccccc1-c1noc(C(C)NC(=O)c2ccnn2C(C)C)n1. The Morgan fingerprint density at radius 2 is 1.96 bits per heavy atom. The molecule has 0 spiro atoms. The Morgan fingerprint density at radius 3 is 2.68 bits per heavy atom. The molecule has 0 bridgehead atoms. The first-order valence-corrected chi connectivity index (χ1v) is 8.21. The monoisotopic (exact) mass is 339 g/mol. The number of carbonyl (C=O) groups is 1. The first-order chi connectivity index (χ1) is 12.0. The van der Waals surface area contributed by atoms with E-state index in [-0.39, 0.29) is 11.9 Å². The van der Waals surface area contributed by atoms with E-state index < -0.39 is 6.04 Å². The summed E-state index contributed by atoms with van der Waals surface area (Å²) in [5.41, 5.74) is 2.47. The highest BCUT2D eigenvalue weighted by Crippen LogP contribution is 2.22. The Morgan fingerprint density at radius 1 is 1.20 bits per heavy atom. The highest BCUT2D eigenvalue weighted by atomic mass is 16.5. The number of nitrogens with zero attached hydrogens (tertiary/aromatic N) is 4. The second kappa shape index (κ2) is 6.88. The van der Waals surface area contributed by atoms with Gasteiger partial charge in [-0.3, -0.25) is 9.48 Å². The van der Waals surface area contributed by atoms with Gasteiger partial charge in [0.1, 0.15) is 11.7 Å². The van der Waals surface area contributed by atoms with E-state index in [0.717, 1.165) is 11.1 Å². The van der Waals surface area contributed by atoms with E-state index in [2.05, 4.69) is 20.6 Å². The Kier molecular flexibility index (Phi) is 4.65. The van der Waals surface area contributed by atoms with Crippen molar-refractivity contribution >= 4 is 5.91 Å². The molecular formula is C18H21N5O2. The molecule has 1 unspecified atom stereocenters. The Bertz CT molecular complexity index is 881. The fourth-order valence-electron chi connectivity index (χ4n) is 2.58. The van der Waals surface area contributed by atoms with Gasteiger partial charge >= 0.3 is 0 Å². The van der Waals surface area contributed by atoms with Crippen molar-refractivity contribution in [2.45, 2.75) is 39.8 Å². The Labute approximate surface area is 146 Å². The summed E-state index contributed by atoms with van der Waals surface area (Å²) in [7, 11) is 0. The molecule has 0 aliphatic rings. The van der Waals surface area contributed by atoms with Crippen LogP contribution in [0, 0.1) is 6.92 Å². The summed E-state index contributed by atoms with van der Waals surface area (Å²) in [6, 6.07) is 9.19. The Balaban J connectivity index is 1.76. The van der Waals surface area contributed by atoms with Gasteiger partial charge in [-0.05, 0) is 39.3 Å². The lowest BCUT2D eigenvalue weighted by atomic mass is 10.1. The van der Waals surface area contributed by atoms with Gasteiger partial charge in [0.15, 0.2) is 0 Å². The highest BCUT2D eigenvalue weighted by molar-refractivity contribution is 5.92.